The summed E-state index contributed by atoms with van der Waals surface area (Å²) in [5.74, 6) is -0.137. The lowest BCUT2D eigenvalue weighted by Crippen LogP contribution is -2.48. The number of halogens is 2. The van der Waals surface area contributed by atoms with Gasteiger partial charge in [0.05, 0.1) is 34.5 Å². The minimum absolute atomic E-state index is 0.206. The summed E-state index contributed by atoms with van der Waals surface area (Å²) in [5.41, 5.74) is 4.73. The number of rotatable bonds is 11. The highest BCUT2D eigenvalue weighted by molar-refractivity contribution is 6.42. The molecule has 0 radical (unpaired) electrons. The fourth-order valence-electron chi connectivity index (χ4n) is 3.54. The van der Waals surface area contributed by atoms with Crippen molar-refractivity contribution in [1.29, 1.82) is 5.26 Å². The lowest BCUT2D eigenvalue weighted by molar-refractivity contribution is -0.123. The number of benzene rings is 3. The third-order valence-electron chi connectivity index (χ3n) is 5.59. The molecule has 0 fully saturated rings. The van der Waals surface area contributed by atoms with Crippen LogP contribution in [0.25, 0.3) is 0 Å². The molecule has 202 valence electrons. The Morgan fingerprint density at radius 2 is 1.79 bits per heavy atom. The summed E-state index contributed by atoms with van der Waals surface area (Å²) in [5, 5.41) is 16.6. The first-order chi connectivity index (χ1) is 18.7. The van der Waals surface area contributed by atoms with Crippen LogP contribution in [0, 0.1) is 17.2 Å². The van der Waals surface area contributed by atoms with Crippen molar-refractivity contribution >= 4 is 41.2 Å². The first kappa shape index (κ1) is 29.5. The molecule has 10 heteroatoms. The van der Waals surface area contributed by atoms with Crippen LogP contribution in [0.2, 0.25) is 10.0 Å². The minimum atomic E-state index is -0.838. The van der Waals surface area contributed by atoms with Crippen molar-refractivity contribution in [2.24, 2.45) is 11.0 Å². The summed E-state index contributed by atoms with van der Waals surface area (Å²) in [6.45, 7) is 6.10. The molecule has 0 saturated heterocycles. The van der Waals surface area contributed by atoms with Gasteiger partial charge in [-0.2, -0.15) is 10.4 Å². The van der Waals surface area contributed by atoms with Gasteiger partial charge in [-0.1, -0.05) is 55.2 Å². The molecule has 3 aromatic rings. The number of nitriles is 1. The van der Waals surface area contributed by atoms with Gasteiger partial charge in [-0.15, -0.1) is 0 Å². The average Bonchev–Trinajstić information content (AvgIpc) is 2.92. The monoisotopic (exact) mass is 566 g/mol. The second kappa shape index (κ2) is 14.2. The van der Waals surface area contributed by atoms with Crippen molar-refractivity contribution in [3.8, 4) is 17.6 Å². The molecule has 0 saturated carbocycles. The van der Waals surface area contributed by atoms with E-state index in [1.807, 2.05) is 32.9 Å². The number of hydrogen-bond acceptors (Lipinski definition) is 6. The molecule has 1 unspecified atom stereocenters. The zero-order valence-corrected chi connectivity index (χ0v) is 23.2. The summed E-state index contributed by atoms with van der Waals surface area (Å²) in [7, 11) is 0. The molecule has 3 rings (SSSR count). The summed E-state index contributed by atoms with van der Waals surface area (Å²) in [4.78, 5) is 25.5. The Bertz CT molecular complexity index is 1400. The van der Waals surface area contributed by atoms with E-state index in [-0.39, 0.29) is 23.1 Å². The first-order valence-electron chi connectivity index (χ1n) is 12.2. The van der Waals surface area contributed by atoms with Crippen molar-refractivity contribution in [2.75, 3.05) is 6.61 Å². The van der Waals surface area contributed by atoms with E-state index in [0.29, 0.717) is 34.3 Å². The van der Waals surface area contributed by atoms with Gasteiger partial charge >= 0.3 is 0 Å². The zero-order chi connectivity index (χ0) is 28.4. The van der Waals surface area contributed by atoms with E-state index in [0.717, 1.165) is 5.56 Å². The number of carbonyl (C=O) groups is 2. The topological polar surface area (TPSA) is 113 Å². The second-order valence-corrected chi connectivity index (χ2v) is 9.57. The van der Waals surface area contributed by atoms with E-state index in [1.54, 1.807) is 30.3 Å². The van der Waals surface area contributed by atoms with Crippen molar-refractivity contribution in [3.05, 3.63) is 93.0 Å². The molecule has 0 aliphatic rings. The van der Waals surface area contributed by atoms with E-state index in [4.69, 9.17) is 32.7 Å². The smallest absolute Gasteiger partial charge is 0.262 e. The van der Waals surface area contributed by atoms with Crippen LogP contribution in [0.15, 0.2) is 65.8 Å². The van der Waals surface area contributed by atoms with Crippen molar-refractivity contribution in [3.63, 3.8) is 0 Å². The number of nitrogens with one attached hydrogen (secondary N) is 2. The molecular formula is C29H28Cl2N4O4. The molecular weight excluding hydrogens is 539 g/mol. The third-order valence-corrected chi connectivity index (χ3v) is 6.33. The molecule has 0 heterocycles. The normalized spacial score (nSPS) is 11.6. The number of nitrogens with zero attached hydrogens (tertiary/aromatic N) is 2. The Kier molecular flexibility index (Phi) is 10.7. The molecule has 39 heavy (non-hydrogen) atoms. The standard InChI is InChI=1S/C29H28Cl2N4O4/c1-4-38-26-13-19(9-12-25(26)39-17-22-8-6-5-7-21(22)15-32)16-33-35-29(37)27(18(2)3)34-28(36)20-10-11-23(30)24(31)14-20/h5-14,16,18,27H,4,17H2,1-3H3,(H,34,36)(H,35,37). The molecule has 0 spiro atoms. The predicted octanol–water partition coefficient (Wildman–Crippen LogP) is 5.75. The van der Waals surface area contributed by atoms with E-state index in [1.165, 1.54) is 24.4 Å². The summed E-state index contributed by atoms with van der Waals surface area (Å²) in [6, 6.07) is 18.2. The Morgan fingerprint density at radius 1 is 1.03 bits per heavy atom. The first-order valence-corrected chi connectivity index (χ1v) is 13.0. The van der Waals surface area contributed by atoms with Crippen LogP contribution >= 0.6 is 23.2 Å². The Balaban J connectivity index is 1.66. The molecule has 0 bridgehead atoms. The van der Waals surface area contributed by atoms with Crippen LogP contribution in [0.1, 0.15) is 47.8 Å². The van der Waals surface area contributed by atoms with Gasteiger partial charge in [-0.3, -0.25) is 9.59 Å². The van der Waals surface area contributed by atoms with Crippen LogP contribution in [0.3, 0.4) is 0 Å². The SMILES string of the molecule is CCOc1cc(C=NNC(=O)C(NC(=O)c2ccc(Cl)c(Cl)c2)C(C)C)ccc1OCc1ccccc1C#N. The molecule has 0 aromatic heterocycles. The van der Waals surface area contributed by atoms with Crippen molar-refractivity contribution < 1.29 is 19.1 Å². The maximum Gasteiger partial charge on any atom is 0.262 e. The van der Waals surface area contributed by atoms with Gasteiger partial charge < -0.3 is 14.8 Å². The van der Waals surface area contributed by atoms with Crippen LogP contribution in [-0.4, -0.2) is 30.7 Å². The number of hydrazone groups is 1. The van der Waals surface area contributed by atoms with Gasteiger partial charge in [0.15, 0.2) is 11.5 Å². The Labute approximate surface area is 237 Å². The highest BCUT2D eigenvalue weighted by Crippen LogP contribution is 2.29. The summed E-state index contributed by atoms with van der Waals surface area (Å²) in [6.07, 6.45) is 1.47. The largest absolute Gasteiger partial charge is 0.490 e. The van der Waals surface area contributed by atoms with Gasteiger partial charge in [0, 0.05) is 11.1 Å². The summed E-state index contributed by atoms with van der Waals surface area (Å²) >= 11 is 11.9. The predicted molar refractivity (Wildman–Crippen MR) is 151 cm³/mol. The molecule has 1 atom stereocenters. The lowest BCUT2D eigenvalue weighted by Gasteiger charge is -2.20. The van der Waals surface area contributed by atoms with Gasteiger partial charge in [-0.25, -0.2) is 5.43 Å². The van der Waals surface area contributed by atoms with Crippen LogP contribution in [0.4, 0.5) is 0 Å². The summed E-state index contributed by atoms with van der Waals surface area (Å²) < 4.78 is 11.6. The molecule has 2 N–H and O–H groups in total. The number of carbonyl (C=O) groups excluding carboxylic acids is 2. The molecule has 0 aliphatic carbocycles. The molecule has 2 amide bonds. The van der Waals surface area contributed by atoms with Gasteiger partial charge in [0.2, 0.25) is 0 Å². The molecule has 0 aliphatic heterocycles. The Hall–Kier alpha value is -4.06. The number of hydrogen-bond donors (Lipinski definition) is 2. The van der Waals surface area contributed by atoms with E-state index >= 15 is 0 Å². The van der Waals surface area contributed by atoms with Gasteiger partial charge in [-0.05, 0) is 60.9 Å². The highest BCUT2D eigenvalue weighted by Gasteiger charge is 2.24. The zero-order valence-electron chi connectivity index (χ0n) is 21.7. The third kappa shape index (κ3) is 8.21. The quantitative estimate of drug-likeness (QED) is 0.226. The number of amides is 2. The average molecular weight is 567 g/mol. The van der Waals surface area contributed by atoms with Crippen molar-refractivity contribution in [1.82, 2.24) is 10.7 Å². The van der Waals surface area contributed by atoms with Crippen molar-refractivity contribution in [2.45, 2.75) is 33.4 Å². The minimum Gasteiger partial charge on any atom is -0.490 e. The maximum absolute atomic E-state index is 12.8. The second-order valence-electron chi connectivity index (χ2n) is 8.76. The molecule has 8 nitrogen and oxygen atoms in total. The van der Waals surface area contributed by atoms with E-state index in [2.05, 4.69) is 21.9 Å². The molecule has 3 aromatic carbocycles. The lowest BCUT2D eigenvalue weighted by atomic mass is 10.0. The highest BCUT2D eigenvalue weighted by atomic mass is 35.5. The van der Waals surface area contributed by atoms with Crippen LogP contribution in [-0.2, 0) is 11.4 Å². The van der Waals surface area contributed by atoms with Crippen LogP contribution < -0.4 is 20.2 Å². The van der Waals surface area contributed by atoms with E-state index < -0.39 is 17.9 Å². The van der Waals surface area contributed by atoms with E-state index in [9.17, 15) is 14.9 Å². The van der Waals surface area contributed by atoms with Crippen LogP contribution in [0.5, 0.6) is 11.5 Å². The fraction of sp³-hybridized carbons (Fsp3) is 0.241. The van der Waals surface area contributed by atoms with Gasteiger partial charge in [0.25, 0.3) is 11.8 Å². The fourth-order valence-corrected chi connectivity index (χ4v) is 3.84. The number of ether oxygens (including phenoxy) is 2. The maximum atomic E-state index is 12.8. The van der Waals surface area contributed by atoms with Gasteiger partial charge in [0.1, 0.15) is 12.6 Å². The Morgan fingerprint density at radius 3 is 2.49 bits per heavy atom.